The minimum atomic E-state index is 0.292. The average Bonchev–Trinajstić information content (AvgIpc) is 2.64. The summed E-state index contributed by atoms with van der Waals surface area (Å²) < 4.78 is 0.980. The maximum Gasteiger partial charge on any atom is 0.225 e. The highest BCUT2D eigenvalue weighted by Crippen LogP contribution is 2.27. The van der Waals surface area contributed by atoms with Crippen LogP contribution in [0.1, 0.15) is 20.3 Å². The van der Waals surface area contributed by atoms with E-state index in [1.54, 1.807) is 12.4 Å². The van der Waals surface area contributed by atoms with Gasteiger partial charge in [0, 0.05) is 34.5 Å². The van der Waals surface area contributed by atoms with Crippen molar-refractivity contribution in [3.05, 3.63) is 59.3 Å². The standard InChI is InChI=1S/C19H20BrN5/c1-3-13(2)22-19-24-17(14-7-6-10-21-12-14)11-18(25-19)23-16-9-5-4-8-15(16)20/h4-13H,3H2,1-2H3,(H2,22,23,24,25)/t13-/m0/s1. The second-order valence-corrected chi connectivity index (χ2v) is 6.62. The Morgan fingerprint density at radius 2 is 1.96 bits per heavy atom. The normalized spacial score (nSPS) is 11.8. The summed E-state index contributed by atoms with van der Waals surface area (Å²) in [6.45, 7) is 4.24. The predicted molar refractivity (Wildman–Crippen MR) is 106 cm³/mol. The Hall–Kier alpha value is -2.47. The molecule has 0 radical (unpaired) electrons. The molecule has 0 unspecified atom stereocenters. The smallest absolute Gasteiger partial charge is 0.225 e. The molecule has 0 amide bonds. The number of nitrogens with zero attached hydrogens (tertiary/aromatic N) is 3. The van der Waals surface area contributed by atoms with Crippen molar-refractivity contribution in [3.8, 4) is 11.3 Å². The Morgan fingerprint density at radius 1 is 1.12 bits per heavy atom. The summed E-state index contributed by atoms with van der Waals surface area (Å²) in [5.41, 5.74) is 2.73. The molecule has 1 aromatic carbocycles. The van der Waals surface area contributed by atoms with Crippen molar-refractivity contribution in [2.24, 2.45) is 0 Å². The highest BCUT2D eigenvalue weighted by molar-refractivity contribution is 9.10. The first kappa shape index (κ1) is 17.4. The molecule has 1 atom stereocenters. The lowest BCUT2D eigenvalue weighted by molar-refractivity contribution is 0.753. The van der Waals surface area contributed by atoms with E-state index < -0.39 is 0 Å². The number of nitrogens with one attached hydrogen (secondary N) is 2. The zero-order chi connectivity index (χ0) is 17.6. The summed E-state index contributed by atoms with van der Waals surface area (Å²) in [7, 11) is 0. The van der Waals surface area contributed by atoms with Crippen LogP contribution in [0, 0.1) is 0 Å². The first-order valence-electron chi connectivity index (χ1n) is 8.23. The van der Waals surface area contributed by atoms with Gasteiger partial charge in [-0.1, -0.05) is 19.1 Å². The fraction of sp³-hybridized carbons (Fsp3) is 0.211. The quantitative estimate of drug-likeness (QED) is 0.594. The van der Waals surface area contributed by atoms with Crippen LogP contribution in [0.4, 0.5) is 17.5 Å². The minimum Gasteiger partial charge on any atom is -0.352 e. The fourth-order valence-electron chi connectivity index (χ4n) is 2.26. The zero-order valence-corrected chi connectivity index (χ0v) is 15.8. The number of pyridine rings is 1. The molecule has 0 spiro atoms. The number of hydrogen-bond acceptors (Lipinski definition) is 5. The van der Waals surface area contributed by atoms with E-state index in [0.717, 1.165) is 33.7 Å². The van der Waals surface area contributed by atoms with Crippen molar-refractivity contribution in [3.63, 3.8) is 0 Å². The number of rotatable bonds is 6. The van der Waals surface area contributed by atoms with Crippen LogP contribution in [0.2, 0.25) is 0 Å². The summed E-state index contributed by atoms with van der Waals surface area (Å²) in [5.74, 6) is 1.33. The molecular formula is C19H20BrN5. The molecule has 0 fully saturated rings. The molecule has 2 aromatic heterocycles. The largest absolute Gasteiger partial charge is 0.352 e. The third-order valence-corrected chi connectivity index (χ3v) is 4.50. The average molecular weight is 398 g/mol. The molecule has 0 saturated heterocycles. The van der Waals surface area contributed by atoms with Crippen LogP contribution in [0.15, 0.2) is 59.3 Å². The molecule has 5 nitrogen and oxygen atoms in total. The Kier molecular flexibility index (Phi) is 5.60. The molecule has 3 rings (SSSR count). The highest BCUT2D eigenvalue weighted by atomic mass is 79.9. The molecule has 2 heterocycles. The first-order valence-corrected chi connectivity index (χ1v) is 9.02. The molecule has 0 aliphatic carbocycles. The Morgan fingerprint density at radius 3 is 2.68 bits per heavy atom. The molecule has 0 aliphatic heterocycles. The summed E-state index contributed by atoms with van der Waals surface area (Å²) in [6.07, 6.45) is 4.55. The molecule has 0 saturated carbocycles. The van der Waals surface area contributed by atoms with E-state index >= 15 is 0 Å². The molecule has 0 bridgehead atoms. The number of hydrogen-bond donors (Lipinski definition) is 2. The van der Waals surface area contributed by atoms with Gasteiger partial charge in [0.25, 0.3) is 0 Å². The van der Waals surface area contributed by atoms with Gasteiger partial charge in [0.1, 0.15) is 5.82 Å². The SMILES string of the molecule is CC[C@H](C)Nc1nc(Nc2ccccc2Br)cc(-c2cccnc2)n1. The number of benzene rings is 1. The summed E-state index contributed by atoms with van der Waals surface area (Å²) in [6, 6.07) is 14.1. The van der Waals surface area contributed by atoms with E-state index in [1.165, 1.54) is 0 Å². The van der Waals surface area contributed by atoms with Crippen LogP contribution in [-0.2, 0) is 0 Å². The van der Waals surface area contributed by atoms with E-state index in [9.17, 15) is 0 Å². The van der Waals surface area contributed by atoms with Crippen LogP contribution in [0.25, 0.3) is 11.3 Å². The highest BCUT2D eigenvalue weighted by Gasteiger charge is 2.10. The number of aromatic nitrogens is 3. The van der Waals surface area contributed by atoms with Gasteiger partial charge in [-0.3, -0.25) is 4.98 Å². The van der Waals surface area contributed by atoms with Crippen LogP contribution in [0.3, 0.4) is 0 Å². The van der Waals surface area contributed by atoms with Gasteiger partial charge in [-0.15, -0.1) is 0 Å². The minimum absolute atomic E-state index is 0.292. The number of anilines is 3. The van der Waals surface area contributed by atoms with Crippen LogP contribution < -0.4 is 10.6 Å². The molecule has 3 aromatic rings. The van der Waals surface area contributed by atoms with Gasteiger partial charge in [-0.2, -0.15) is 4.98 Å². The molecule has 2 N–H and O–H groups in total. The van der Waals surface area contributed by atoms with E-state index in [4.69, 9.17) is 0 Å². The second kappa shape index (κ2) is 8.07. The third-order valence-electron chi connectivity index (χ3n) is 3.81. The van der Waals surface area contributed by atoms with Gasteiger partial charge in [0.2, 0.25) is 5.95 Å². The Bertz CT molecular complexity index is 838. The van der Waals surface area contributed by atoms with Crippen molar-refractivity contribution in [2.75, 3.05) is 10.6 Å². The third kappa shape index (κ3) is 4.54. The topological polar surface area (TPSA) is 62.7 Å². The van der Waals surface area contributed by atoms with Crippen LogP contribution in [-0.4, -0.2) is 21.0 Å². The molecule has 0 aliphatic rings. The monoisotopic (exact) mass is 397 g/mol. The van der Waals surface area contributed by atoms with Crippen molar-refractivity contribution in [1.82, 2.24) is 15.0 Å². The van der Waals surface area contributed by atoms with Gasteiger partial charge in [0.05, 0.1) is 11.4 Å². The molecule has 25 heavy (non-hydrogen) atoms. The van der Waals surface area contributed by atoms with Gasteiger partial charge < -0.3 is 10.6 Å². The van der Waals surface area contributed by atoms with Crippen molar-refractivity contribution >= 4 is 33.4 Å². The van der Waals surface area contributed by atoms with Crippen LogP contribution >= 0.6 is 15.9 Å². The maximum atomic E-state index is 4.64. The van der Waals surface area contributed by atoms with Crippen molar-refractivity contribution in [1.29, 1.82) is 0 Å². The van der Waals surface area contributed by atoms with Gasteiger partial charge in [-0.25, -0.2) is 4.98 Å². The van der Waals surface area contributed by atoms with Gasteiger partial charge in [-0.05, 0) is 53.5 Å². The van der Waals surface area contributed by atoms with Crippen molar-refractivity contribution < 1.29 is 0 Å². The second-order valence-electron chi connectivity index (χ2n) is 5.76. The van der Waals surface area contributed by atoms with Gasteiger partial charge in [0.15, 0.2) is 0 Å². The molecular weight excluding hydrogens is 378 g/mol. The lowest BCUT2D eigenvalue weighted by Gasteiger charge is -2.15. The lowest BCUT2D eigenvalue weighted by atomic mass is 10.2. The van der Waals surface area contributed by atoms with E-state index in [1.807, 2.05) is 42.5 Å². The summed E-state index contributed by atoms with van der Waals surface area (Å²) >= 11 is 3.56. The van der Waals surface area contributed by atoms with E-state index in [2.05, 4.69) is 55.4 Å². The van der Waals surface area contributed by atoms with E-state index in [0.29, 0.717) is 12.0 Å². The summed E-state index contributed by atoms with van der Waals surface area (Å²) in [4.78, 5) is 13.4. The summed E-state index contributed by atoms with van der Waals surface area (Å²) in [5, 5.41) is 6.70. The number of halogens is 1. The maximum absolute atomic E-state index is 4.64. The van der Waals surface area contributed by atoms with Crippen molar-refractivity contribution in [2.45, 2.75) is 26.3 Å². The predicted octanol–water partition coefficient (Wildman–Crippen LogP) is 5.26. The van der Waals surface area contributed by atoms with Crippen LogP contribution in [0.5, 0.6) is 0 Å². The van der Waals surface area contributed by atoms with E-state index in [-0.39, 0.29) is 0 Å². The zero-order valence-electron chi connectivity index (χ0n) is 14.2. The molecule has 128 valence electrons. The molecule has 6 heteroatoms. The Balaban J connectivity index is 1.99. The Labute approximate surface area is 156 Å². The fourth-order valence-corrected chi connectivity index (χ4v) is 2.64. The number of para-hydroxylation sites is 1. The first-order chi connectivity index (χ1) is 12.2. The van der Waals surface area contributed by atoms with Gasteiger partial charge >= 0.3 is 0 Å². The lowest BCUT2D eigenvalue weighted by Crippen LogP contribution is -2.16.